The second-order valence-corrected chi connectivity index (χ2v) is 9.96. The minimum absolute atomic E-state index is 0.0388. The molecule has 0 spiro atoms. The predicted octanol–water partition coefficient (Wildman–Crippen LogP) is 3.22. The van der Waals surface area contributed by atoms with Crippen molar-refractivity contribution in [2.45, 2.75) is 9.79 Å². The number of ether oxygens (including phenoxy) is 2. The summed E-state index contributed by atoms with van der Waals surface area (Å²) < 4.78 is 78.2. The van der Waals surface area contributed by atoms with Crippen molar-refractivity contribution in [3.05, 3.63) is 78.1 Å². The molecule has 3 aromatic carbocycles. The van der Waals surface area contributed by atoms with E-state index in [4.69, 9.17) is 4.74 Å². The van der Waals surface area contributed by atoms with Crippen LogP contribution in [0.3, 0.4) is 0 Å². The van der Waals surface area contributed by atoms with E-state index in [9.17, 15) is 26.0 Å². The number of hydrogen-bond acceptors (Lipinski definition) is 7. The molecule has 0 fully saturated rings. The number of esters is 1. The molecule has 0 saturated carbocycles. The van der Waals surface area contributed by atoms with Gasteiger partial charge >= 0.3 is 5.97 Å². The molecule has 0 heterocycles. The van der Waals surface area contributed by atoms with E-state index in [0.717, 1.165) is 24.3 Å². The highest BCUT2D eigenvalue weighted by molar-refractivity contribution is 7.93. The number of anilines is 2. The lowest BCUT2D eigenvalue weighted by molar-refractivity contribution is 0.0600. The predicted molar refractivity (Wildman–Crippen MR) is 119 cm³/mol. The van der Waals surface area contributed by atoms with Crippen LogP contribution in [0.2, 0.25) is 0 Å². The van der Waals surface area contributed by atoms with Crippen molar-refractivity contribution in [1.82, 2.24) is 0 Å². The molecule has 9 nitrogen and oxygen atoms in total. The molecular formula is C21H19FN2O7S2. The van der Waals surface area contributed by atoms with Gasteiger partial charge in [0.2, 0.25) is 0 Å². The molecule has 0 radical (unpaired) electrons. The zero-order chi connectivity index (χ0) is 24.2. The highest BCUT2D eigenvalue weighted by atomic mass is 32.2. The summed E-state index contributed by atoms with van der Waals surface area (Å²) >= 11 is 0. The topological polar surface area (TPSA) is 128 Å². The van der Waals surface area contributed by atoms with E-state index in [1.54, 1.807) is 0 Å². The summed E-state index contributed by atoms with van der Waals surface area (Å²) in [7, 11) is -5.64. The molecule has 0 atom stereocenters. The quantitative estimate of drug-likeness (QED) is 0.460. The SMILES string of the molecule is COC(=O)c1ccc(S(=O)(=O)Nc2ccc(OC)c(NS(=O)(=O)c3ccc(F)cc3)c2)cc1. The third-order valence-corrected chi connectivity index (χ3v) is 7.18. The van der Waals surface area contributed by atoms with Crippen LogP contribution in [-0.4, -0.2) is 37.0 Å². The summed E-state index contributed by atoms with van der Waals surface area (Å²) in [6, 6.07) is 13.3. The van der Waals surface area contributed by atoms with Crippen molar-refractivity contribution < 1.29 is 35.5 Å². The number of sulfonamides is 2. The minimum atomic E-state index is -4.11. The molecule has 0 aliphatic carbocycles. The Bertz CT molecular complexity index is 1370. The van der Waals surface area contributed by atoms with Gasteiger partial charge in [0.25, 0.3) is 20.0 Å². The molecule has 0 unspecified atom stereocenters. The van der Waals surface area contributed by atoms with Crippen molar-refractivity contribution in [3.8, 4) is 5.75 Å². The monoisotopic (exact) mass is 494 g/mol. The Morgan fingerprint density at radius 3 is 1.88 bits per heavy atom. The average molecular weight is 495 g/mol. The van der Waals surface area contributed by atoms with Gasteiger partial charge in [-0.25, -0.2) is 26.0 Å². The highest BCUT2D eigenvalue weighted by Crippen LogP contribution is 2.31. The normalized spacial score (nSPS) is 11.5. The largest absolute Gasteiger partial charge is 0.495 e. The summed E-state index contributed by atoms with van der Waals surface area (Å²) in [5, 5.41) is 0. The van der Waals surface area contributed by atoms with E-state index in [0.29, 0.717) is 0 Å². The molecule has 0 saturated heterocycles. The van der Waals surface area contributed by atoms with Crippen molar-refractivity contribution in [2.75, 3.05) is 23.7 Å². The number of carbonyl (C=O) groups is 1. The van der Waals surface area contributed by atoms with Gasteiger partial charge in [-0.15, -0.1) is 0 Å². The number of methoxy groups -OCH3 is 2. The lowest BCUT2D eigenvalue weighted by atomic mass is 10.2. The molecule has 12 heteroatoms. The van der Waals surface area contributed by atoms with Gasteiger partial charge in [0.1, 0.15) is 11.6 Å². The first kappa shape index (κ1) is 24.0. The summed E-state index contributed by atoms with van der Waals surface area (Å²) in [5.41, 5.74) is 0.186. The van der Waals surface area contributed by atoms with Crippen LogP contribution in [0.1, 0.15) is 10.4 Å². The summed E-state index contributed by atoms with van der Waals surface area (Å²) in [6.07, 6.45) is 0. The van der Waals surface area contributed by atoms with Crippen LogP contribution in [-0.2, 0) is 24.8 Å². The van der Waals surface area contributed by atoms with Gasteiger partial charge in [-0.1, -0.05) is 0 Å². The molecule has 0 amide bonds. The van der Waals surface area contributed by atoms with Gasteiger partial charge in [-0.2, -0.15) is 0 Å². The Morgan fingerprint density at radius 2 is 1.33 bits per heavy atom. The molecule has 0 bridgehead atoms. The van der Waals surface area contributed by atoms with E-state index in [1.807, 2.05) is 0 Å². The maximum atomic E-state index is 13.1. The number of halogens is 1. The Labute approximate surface area is 190 Å². The fourth-order valence-corrected chi connectivity index (χ4v) is 4.88. The van der Waals surface area contributed by atoms with Crippen LogP contribution in [0.25, 0.3) is 0 Å². The second kappa shape index (κ2) is 9.46. The molecule has 2 N–H and O–H groups in total. The first-order chi connectivity index (χ1) is 15.6. The third kappa shape index (κ3) is 5.59. The lowest BCUT2D eigenvalue weighted by Gasteiger charge is -2.15. The Hall–Kier alpha value is -3.64. The van der Waals surface area contributed by atoms with Gasteiger partial charge < -0.3 is 9.47 Å². The molecule has 3 aromatic rings. The van der Waals surface area contributed by atoms with Gasteiger partial charge in [0, 0.05) is 0 Å². The highest BCUT2D eigenvalue weighted by Gasteiger charge is 2.20. The molecule has 33 heavy (non-hydrogen) atoms. The van der Waals surface area contributed by atoms with Crippen LogP contribution in [0.15, 0.2) is 76.5 Å². The van der Waals surface area contributed by atoms with Crippen LogP contribution >= 0.6 is 0 Å². The van der Waals surface area contributed by atoms with Crippen molar-refractivity contribution in [3.63, 3.8) is 0 Å². The van der Waals surface area contributed by atoms with Crippen molar-refractivity contribution in [2.24, 2.45) is 0 Å². The number of nitrogens with one attached hydrogen (secondary N) is 2. The summed E-state index contributed by atoms with van der Waals surface area (Å²) in [6.45, 7) is 0. The Morgan fingerprint density at radius 1 is 0.788 bits per heavy atom. The first-order valence-corrected chi connectivity index (χ1v) is 12.2. The van der Waals surface area contributed by atoms with Crippen LogP contribution < -0.4 is 14.2 Å². The molecule has 174 valence electrons. The Kier molecular flexibility index (Phi) is 6.89. The molecular weight excluding hydrogens is 475 g/mol. The Balaban J connectivity index is 1.88. The van der Waals surface area contributed by atoms with Gasteiger partial charge in [0.15, 0.2) is 0 Å². The van der Waals surface area contributed by atoms with E-state index in [-0.39, 0.29) is 32.5 Å². The molecule has 0 aliphatic rings. The van der Waals surface area contributed by atoms with E-state index >= 15 is 0 Å². The number of rotatable bonds is 8. The summed E-state index contributed by atoms with van der Waals surface area (Å²) in [5.74, 6) is -1.08. The molecule has 0 aromatic heterocycles. The van der Waals surface area contributed by atoms with Crippen LogP contribution in [0, 0.1) is 5.82 Å². The van der Waals surface area contributed by atoms with E-state index in [2.05, 4.69) is 14.2 Å². The zero-order valence-corrected chi connectivity index (χ0v) is 19.0. The van der Waals surface area contributed by atoms with E-state index < -0.39 is 31.8 Å². The molecule has 0 aliphatic heterocycles. The van der Waals surface area contributed by atoms with Crippen LogP contribution in [0.5, 0.6) is 5.75 Å². The van der Waals surface area contributed by atoms with Gasteiger partial charge in [-0.05, 0) is 66.7 Å². The first-order valence-electron chi connectivity index (χ1n) is 9.23. The number of carbonyl (C=O) groups excluding carboxylic acids is 1. The van der Waals surface area contributed by atoms with E-state index in [1.165, 1.54) is 56.7 Å². The maximum absolute atomic E-state index is 13.1. The minimum Gasteiger partial charge on any atom is -0.495 e. The average Bonchev–Trinajstić information content (AvgIpc) is 2.78. The zero-order valence-electron chi connectivity index (χ0n) is 17.4. The third-order valence-electron chi connectivity index (χ3n) is 4.41. The standard InChI is InChI=1S/C21H19FN2O7S2/c1-30-20-12-7-16(13-19(20)24-33(28,29)18-10-5-15(22)6-11-18)23-32(26,27)17-8-3-14(4-9-17)21(25)31-2/h3-13,23-24H,1-2H3. The maximum Gasteiger partial charge on any atom is 0.337 e. The van der Waals surface area contributed by atoms with Crippen molar-refractivity contribution in [1.29, 1.82) is 0 Å². The summed E-state index contributed by atoms with van der Waals surface area (Å²) in [4.78, 5) is 11.2. The fourth-order valence-electron chi connectivity index (χ4n) is 2.77. The van der Waals surface area contributed by atoms with Crippen molar-refractivity contribution >= 4 is 37.4 Å². The van der Waals surface area contributed by atoms with Crippen LogP contribution in [0.4, 0.5) is 15.8 Å². The van der Waals surface area contributed by atoms with Gasteiger partial charge in [0.05, 0.1) is 40.9 Å². The second-order valence-electron chi connectivity index (χ2n) is 6.60. The number of benzene rings is 3. The lowest BCUT2D eigenvalue weighted by Crippen LogP contribution is -2.15. The van der Waals surface area contributed by atoms with Gasteiger partial charge in [-0.3, -0.25) is 9.44 Å². The number of hydrogen-bond donors (Lipinski definition) is 2. The molecule has 3 rings (SSSR count). The smallest absolute Gasteiger partial charge is 0.337 e. The fraction of sp³-hybridized carbons (Fsp3) is 0.0952.